The summed E-state index contributed by atoms with van der Waals surface area (Å²) >= 11 is 0. The highest BCUT2D eigenvalue weighted by Crippen LogP contribution is 2.58. The van der Waals surface area contributed by atoms with E-state index in [1.165, 1.54) is 88.8 Å². The first-order valence-corrected chi connectivity index (χ1v) is 22.3. The van der Waals surface area contributed by atoms with Crippen molar-refractivity contribution in [2.75, 3.05) is 9.71 Å². The van der Waals surface area contributed by atoms with Crippen LogP contribution in [0.4, 0.5) is 28.4 Å². The molecule has 0 spiro atoms. The van der Waals surface area contributed by atoms with Crippen LogP contribution in [0.2, 0.25) is 0 Å². The molecule has 1 aromatic heterocycles. The first-order chi connectivity index (χ1) is 29.1. The minimum Gasteiger partial charge on any atom is -0.466 e. The average molecular weight is 793 g/mol. The van der Waals surface area contributed by atoms with E-state index in [0.717, 1.165) is 35.5 Å². The molecule has 0 saturated carbocycles. The second-order valence-electron chi connectivity index (χ2n) is 21.2. The topological polar surface area (TPSA) is 19.6 Å². The van der Waals surface area contributed by atoms with Gasteiger partial charge in [-0.15, -0.1) is 0 Å². The van der Waals surface area contributed by atoms with Gasteiger partial charge in [-0.25, -0.2) is 0 Å². The van der Waals surface area contributed by atoms with Crippen molar-refractivity contribution in [3.05, 3.63) is 161 Å². The lowest BCUT2D eigenvalue weighted by Crippen LogP contribution is -2.62. The summed E-state index contributed by atoms with van der Waals surface area (Å²) in [7, 11) is 0. The molecule has 300 valence electrons. The second-order valence-corrected chi connectivity index (χ2v) is 21.2. The van der Waals surface area contributed by atoms with E-state index in [1.54, 1.807) is 0 Å². The summed E-state index contributed by atoms with van der Waals surface area (Å²) in [6, 6.07) is 50.9. The Morgan fingerprint density at radius 2 is 1.25 bits per heavy atom. The van der Waals surface area contributed by atoms with Crippen LogP contribution in [0.3, 0.4) is 0 Å². The van der Waals surface area contributed by atoms with Crippen LogP contribution in [-0.4, -0.2) is 6.85 Å². The van der Waals surface area contributed by atoms with Crippen molar-refractivity contribution in [2.24, 2.45) is 0 Å². The fourth-order valence-electron chi connectivity index (χ4n) is 11.7. The maximum absolute atomic E-state index is 7.65. The summed E-state index contributed by atoms with van der Waals surface area (Å²) in [4.78, 5) is 5.28. The molecule has 4 heterocycles. The predicted molar refractivity (Wildman–Crippen MR) is 259 cm³/mol. The molecule has 4 aliphatic rings. The van der Waals surface area contributed by atoms with Gasteiger partial charge in [-0.2, -0.15) is 0 Å². The number of hydrogen-bond acceptors (Lipinski definition) is 3. The summed E-state index contributed by atoms with van der Waals surface area (Å²) < 4.78 is 7.65. The number of benzene rings is 7. The number of fused-ring (bicyclic) bond motifs is 11. The molecule has 12 rings (SSSR count). The van der Waals surface area contributed by atoms with Crippen molar-refractivity contribution in [1.82, 2.24) is 0 Å². The number of para-hydroxylation sites is 2. The van der Waals surface area contributed by atoms with Gasteiger partial charge in [0.05, 0.1) is 11.4 Å². The summed E-state index contributed by atoms with van der Waals surface area (Å²) in [5.41, 5.74) is 21.1. The lowest BCUT2D eigenvalue weighted by atomic mass is 9.44. The van der Waals surface area contributed by atoms with Crippen LogP contribution in [0.25, 0.3) is 44.0 Å². The molecule has 8 aromatic rings. The zero-order chi connectivity index (χ0) is 42.0. The number of nitrogens with zero attached hydrogens (tertiary/aromatic N) is 2. The molecule has 61 heavy (non-hydrogen) atoms. The van der Waals surface area contributed by atoms with Crippen LogP contribution in [0.5, 0.6) is 0 Å². The monoisotopic (exact) mass is 792 g/mol. The van der Waals surface area contributed by atoms with Gasteiger partial charge in [0.2, 0.25) is 0 Å². The normalized spacial score (nSPS) is 17.4. The van der Waals surface area contributed by atoms with Gasteiger partial charge in [0, 0.05) is 39.0 Å². The Labute approximate surface area is 361 Å². The molecule has 0 saturated heterocycles. The SMILES string of the molecule is CC(C)(C)c1ccc(N2c3cc4ccccc4c4c3B(c3oc5cc6c(cc5c32)C(C)(C)CCC6(C)C)N2c3ccccc3C(C)(C)c3cccc-4c32)c(-c2ccccc2)c1. The third-order valence-electron chi connectivity index (χ3n) is 15.2. The van der Waals surface area contributed by atoms with Crippen LogP contribution in [0.15, 0.2) is 138 Å². The van der Waals surface area contributed by atoms with Crippen molar-refractivity contribution in [3.63, 3.8) is 0 Å². The van der Waals surface area contributed by atoms with E-state index in [2.05, 4.69) is 205 Å². The van der Waals surface area contributed by atoms with Gasteiger partial charge in [-0.1, -0.05) is 159 Å². The van der Waals surface area contributed by atoms with Crippen LogP contribution >= 0.6 is 0 Å². The maximum atomic E-state index is 7.65. The summed E-state index contributed by atoms with van der Waals surface area (Å²) in [5.74, 6) is 0. The molecule has 0 unspecified atom stereocenters. The minimum absolute atomic E-state index is 0.0288. The van der Waals surface area contributed by atoms with E-state index in [4.69, 9.17) is 4.42 Å². The first-order valence-electron chi connectivity index (χ1n) is 22.3. The molecule has 0 N–H and O–H groups in total. The van der Waals surface area contributed by atoms with E-state index >= 15 is 0 Å². The molecule has 0 bridgehead atoms. The van der Waals surface area contributed by atoms with E-state index in [-0.39, 0.29) is 28.5 Å². The average Bonchev–Trinajstić information content (AvgIpc) is 3.62. The smallest absolute Gasteiger partial charge is 0.375 e. The quantitative estimate of drug-likeness (QED) is 0.163. The minimum atomic E-state index is -0.203. The van der Waals surface area contributed by atoms with Gasteiger partial charge in [-0.05, 0) is 121 Å². The van der Waals surface area contributed by atoms with Gasteiger partial charge in [-0.3, -0.25) is 0 Å². The van der Waals surface area contributed by atoms with Crippen molar-refractivity contribution in [3.8, 4) is 22.3 Å². The van der Waals surface area contributed by atoms with E-state index in [1.807, 2.05) is 0 Å². The van der Waals surface area contributed by atoms with Gasteiger partial charge in [0.15, 0.2) is 0 Å². The Balaban J connectivity index is 1.28. The summed E-state index contributed by atoms with van der Waals surface area (Å²) in [6.45, 7) is 21.3. The van der Waals surface area contributed by atoms with Crippen LogP contribution in [0, 0.1) is 0 Å². The lowest BCUT2D eigenvalue weighted by Gasteiger charge is -2.50. The third kappa shape index (κ3) is 4.94. The third-order valence-corrected chi connectivity index (χ3v) is 15.2. The largest absolute Gasteiger partial charge is 0.466 e. The Morgan fingerprint density at radius 1 is 0.557 bits per heavy atom. The summed E-state index contributed by atoms with van der Waals surface area (Å²) in [5, 5.41) is 3.70. The molecule has 0 fully saturated rings. The van der Waals surface area contributed by atoms with Crippen LogP contribution in [0.1, 0.15) is 103 Å². The predicted octanol–water partition coefficient (Wildman–Crippen LogP) is 14.2. The molecule has 4 heteroatoms. The number of anilines is 5. The van der Waals surface area contributed by atoms with Crippen molar-refractivity contribution >= 4 is 68.1 Å². The Morgan fingerprint density at radius 3 is 2.02 bits per heavy atom. The zero-order valence-corrected chi connectivity index (χ0v) is 37.0. The number of hydrogen-bond donors (Lipinski definition) is 0. The fourth-order valence-corrected chi connectivity index (χ4v) is 11.7. The molecule has 3 aliphatic heterocycles. The highest BCUT2D eigenvalue weighted by atomic mass is 16.3. The van der Waals surface area contributed by atoms with E-state index in [9.17, 15) is 0 Å². The van der Waals surface area contributed by atoms with Gasteiger partial charge in [0.25, 0.3) is 0 Å². The standard InChI is InChI=1S/C57H53BN2O/c1-54(2,3)36-26-27-45(39(31-36)34-18-11-10-12-19-34)59-47-30-35-20-13-14-21-37(35)49-38-22-17-24-42-51(38)60(46-25-16-15-23-41(46)57(42,8)9)58(50(47)49)53-52(59)40-32-43-44(33-48(40)61-53)56(6,7)29-28-55(43,4)5/h10-27,30-33H,28-29H2,1-9H3. The van der Waals surface area contributed by atoms with Crippen molar-refractivity contribution < 1.29 is 4.42 Å². The first kappa shape index (κ1) is 36.8. The van der Waals surface area contributed by atoms with Crippen LogP contribution < -0.4 is 20.8 Å². The molecule has 7 aromatic carbocycles. The van der Waals surface area contributed by atoms with Crippen molar-refractivity contribution in [1.29, 1.82) is 0 Å². The highest BCUT2D eigenvalue weighted by molar-refractivity contribution is 6.93. The second kappa shape index (κ2) is 12.1. The van der Waals surface area contributed by atoms with Crippen molar-refractivity contribution in [2.45, 2.75) is 96.8 Å². The molecule has 0 radical (unpaired) electrons. The van der Waals surface area contributed by atoms with Gasteiger partial charge >= 0.3 is 6.85 Å². The van der Waals surface area contributed by atoms with E-state index < -0.39 is 0 Å². The molecule has 0 amide bonds. The molecule has 0 atom stereocenters. The fraction of sp³-hybridized carbons (Fsp3) is 0.263. The molecule has 3 nitrogen and oxygen atoms in total. The zero-order valence-electron chi connectivity index (χ0n) is 37.0. The Hall–Kier alpha value is -6.00. The van der Waals surface area contributed by atoms with E-state index in [0.29, 0.717) is 0 Å². The molecular weight excluding hydrogens is 739 g/mol. The highest BCUT2D eigenvalue weighted by Gasteiger charge is 2.53. The van der Waals surface area contributed by atoms with Crippen LogP contribution in [-0.2, 0) is 21.7 Å². The number of rotatable bonds is 2. The Bertz CT molecular complexity index is 3180. The van der Waals surface area contributed by atoms with Gasteiger partial charge in [0.1, 0.15) is 11.2 Å². The molecule has 1 aliphatic carbocycles. The summed E-state index contributed by atoms with van der Waals surface area (Å²) in [6.07, 6.45) is 2.30. The van der Waals surface area contributed by atoms with Gasteiger partial charge < -0.3 is 14.1 Å². The Kier molecular flexibility index (Phi) is 7.30. The molecular formula is C57H53BN2O. The number of furan rings is 1. The lowest BCUT2D eigenvalue weighted by molar-refractivity contribution is 0.332. The maximum Gasteiger partial charge on any atom is 0.375 e.